The van der Waals surface area contributed by atoms with Gasteiger partial charge in [0.2, 0.25) is 0 Å². The quantitative estimate of drug-likeness (QED) is 0.377. The number of thiazole rings is 1. The van der Waals surface area contributed by atoms with E-state index in [4.69, 9.17) is 10.9 Å². The van der Waals surface area contributed by atoms with Crippen LogP contribution in [0, 0.1) is 0 Å². The van der Waals surface area contributed by atoms with Crippen molar-refractivity contribution in [2.24, 2.45) is 5.16 Å². The third-order valence-electron chi connectivity index (χ3n) is 1.92. The summed E-state index contributed by atoms with van der Waals surface area (Å²) in [4.78, 5) is 17.5. The molecule has 8 heteroatoms. The average Bonchev–Trinajstić information content (AvgIpc) is 2.65. The number of aromatic nitrogens is 1. The molecule has 0 aromatic carbocycles. The van der Waals surface area contributed by atoms with Crippen molar-refractivity contribution in [3.8, 4) is 0 Å². The highest BCUT2D eigenvalue weighted by Gasteiger charge is 2.17. The Morgan fingerprint density at radius 2 is 2.41 bits per heavy atom. The molecule has 0 bridgehead atoms. The highest BCUT2D eigenvalue weighted by molar-refractivity contribution is 7.13. The molecule has 0 spiro atoms. The maximum absolute atomic E-state index is 11.7. The molecule has 1 aromatic rings. The fourth-order valence-electron chi connectivity index (χ4n) is 1.09. The van der Waals surface area contributed by atoms with Crippen LogP contribution in [-0.4, -0.2) is 53.9 Å². The zero-order valence-electron chi connectivity index (χ0n) is 9.67. The Bertz CT molecular complexity index is 415. The van der Waals surface area contributed by atoms with Crippen molar-refractivity contribution in [2.75, 3.05) is 32.9 Å². The van der Waals surface area contributed by atoms with Crippen molar-refractivity contribution < 1.29 is 10.0 Å². The molecule has 0 atom stereocenters. The van der Waals surface area contributed by atoms with Gasteiger partial charge in [-0.3, -0.25) is 4.79 Å². The van der Waals surface area contributed by atoms with Gasteiger partial charge in [-0.05, 0) is 14.1 Å². The van der Waals surface area contributed by atoms with E-state index in [-0.39, 0.29) is 11.4 Å². The monoisotopic (exact) mass is 257 g/mol. The van der Waals surface area contributed by atoms with Crippen molar-refractivity contribution in [3.05, 3.63) is 11.1 Å². The Kier molecular flexibility index (Phi) is 4.85. The molecular formula is C9H15N5O2S. The number of likely N-dealkylation sites (N-methyl/N-ethyl adjacent to an activating group) is 1. The predicted molar refractivity (Wildman–Crippen MR) is 66.4 cm³/mol. The molecule has 17 heavy (non-hydrogen) atoms. The molecule has 94 valence electrons. The zero-order valence-corrected chi connectivity index (χ0v) is 10.5. The van der Waals surface area contributed by atoms with Gasteiger partial charge in [0.05, 0.1) is 0 Å². The summed E-state index contributed by atoms with van der Waals surface area (Å²) in [6.45, 7) is 1.16. The minimum Gasteiger partial charge on any atom is -0.410 e. The predicted octanol–water partition coefficient (Wildman–Crippen LogP) is -0.419. The molecule has 0 saturated heterocycles. The van der Waals surface area contributed by atoms with Gasteiger partial charge < -0.3 is 21.2 Å². The lowest BCUT2D eigenvalue weighted by atomic mass is 10.3. The topological polar surface area (TPSA) is 104 Å². The van der Waals surface area contributed by atoms with Gasteiger partial charge in [-0.15, -0.1) is 11.3 Å². The van der Waals surface area contributed by atoms with Gasteiger partial charge >= 0.3 is 0 Å². The minimum atomic E-state index is -0.473. The zero-order chi connectivity index (χ0) is 12.8. The first-order chi connectivity index (χ1) is 8.04. The number of nitrogens with one attached hydrogen (secondary N) is 1. The lowest BCUT2D eigenvalue weighted by molar-refractivity contribution is -0.114. The second kappa shape index (κ2) is 6.16. The summed E-state index contributed by atoms with van der Waals surface area (Å²) in [5.74, 6) is -0.473. The van der Waals surface area contributed by atoms with Crippen LogP contribution in [0.1, 0.15) is 5.69 Å². The van der Waals surface area contributed by atoms with Crippen molar-refractivity contribution in [2.45, 2.75) is 0 Å². The van der Waals surface area contributed by atoms with Crippen molar-refractivity contribution in [1.82, 2.24) is 15.2 Å². The largest absolute Gasteiger partial charge is 0.410 e. The van der Waals surface area contributed by atoms with Gasteiger partial charge in [0.25, 0.3) is 5.91 Å². The van der Waals surface area contributed by atoms with Crippen LogP contribution in [0.3, 0.4) is 0 Å². The number of amides is 1. The van der Waals surface area contributed by atoms with Crippen molar-refractivity contribution >= 4 is 28.1 Å². The van der Waals surface area contributed by atoms with E-state index in [0.29, 0.717) is 18.2 Å². The Balaban J connectivity index is 2.60. The molecule has 1 amide bonds. The number of hydrogen-bond acceptors (Lipinski definition) is 7. The molecule has 0 fully saturated rings. The summed E-state index contributed by atoms with van der Waals surface area (Å²) in [5.41, 5.74) is 5.59. The maximum atomic E-state index is 11.7. The third kappa shape index (κ3) is 4.00. The van der Waals surface area contributed by atoms with Crippen LogP contribution in [0.4, 0.5) is 5.13 Å². The van der Waals surface area contributed by atoms with Gasteiger partial charge in [-0.2, -0.15) is 0 Å². The van der Waals surface area contributed by atoms with Crippen LogP contribution in [0.25, 0.3) is 0 Å². The lowest BCUT2D eigenvalue weighted by Crippen LogP contribution is -2.36. The number of nitrogen functional groups attached to an aromatic ring is 1. The number of rotatable bonds is 5. The number of hydrogen-bond donors (Lipinski definition) is 3. The van der Waals surface area contributed by atoms with Gasteiger partial charge in [0.1, 0.15) is 5.69 Å². The molecule has 0 aliphatic carbocycles. The van der Waals surface area contributed by atoms with E-state index in [1.807, 2.05) is 19.0 Å². The second-order valence-electron chi connectivity index (χ2n) is 3.58. The molecular weight excluding hydrogens is 242 g/mol. The summed E-state index contributed by atoms with van der Waals surface area (Å²) in [6, 6.07) is 0. The molecule has 1 aromatic heterocycles. The van der Waals surface area contributed by atoms with Crippen LogP contribution in [0.5, 0.6) is 0 Å². The third-order valence-corrected chi connectivity index (χ3v) is 2.60. The highest BCUT2D eigenvalue weighted by atomic mass is 32.1. The fourth-order valence-corrected chi connectivity index (χ4v) is 1.63. The Morgan fingerprint density at radius 1 is 1.71 bits per heavy atom. The van der Waals surface area contributed by atoms with Gasteiger partial charge in [0, 0.05) is 18.5 Å². The summed E-state index contributed by atoms with van der Waals surface area (Å²) in [7, 11) is 3.79. The van der Waals surface area contributed by atoms with E-state index >= 15 is 0 Å². The van der Waals surface area contributed by atoms with E-state index < -0.39 is 5.91 Å². The van der Waals surface area contributed by atoms with Crippen molar-refractivity contribution in [1.29, 1.82) is 0 Å². The second-order valence-corrected chi connectivity index (χ2v) is 4.47. The SMILES string of the molecule is CN(C)CCNC(=O)C(=NO)c1csc(N)n1. The minimum absolute atomic E-state index is 0.128. The number of oxime groups is 1. The molecule has 1 heterocycles. The molecule has 0 aliphatic heterocycles. The lowest BCUT2D eigenvalue weighted by Gasteiger charge is -2.10. The number of nitrogens with zero attached hydrogens (tertiary/aromatic N) is 3. The van der Waals surface area contributed by atoms with E-state index in [1.54, 1.807) is 5.38 Å². The fraction of sp³-hybridized carbons (Fsp3) is 0.444. The van der Waals surface area contributed by atoms with Gasteiger partial charge in [-0.25, -0.2) is 4.98 Å². The van der Waals surface area contributed by atoms with E-state index in [2.05, 4.69) is 15.5 Å². The van der Waals surface area contributed by atoms with Crippen LogP contribution in [0.2, 0.25) is 0 Å². The number of carbonyl (C=O) groups is 1. The smallest absolute Gasteiger partial charge is 0.275 e. The van der Waals surface area contributed by atoms with E-state index in [9.17, 15) is 4.79 Å². The molecule has 0 aliphatic rings. The average molecular weight is 257 g/mol. The normalized spacial score (nSPS) is 11.8. The Labute approximate surface area is 103 Å². The summed E-state index contributed by atoms with van der Waals surface area (Å²) >= 11 is 1.18. The molecule has 1 rings (SSSR count). The van der Waals surface area contributed by atoms with Crippen LogP contribution >= 0.6 is 11.3 Å². The van der Waals surface area contributed by atoms with Crippen LogP contribution in [-0.2, 0) is 4.79 Å². The molecule has 0 saturated carbocycles. The first-order valence-corrected chi connectivity index (χ1v) is 5.79. The molecule has 0 radical (unpaired) electrons. The summed E-state index contributed by atoms with van der Waals surface area (Å²) in [6.07, 6.45) is 0. The first-order valence-electron chi connectivity index (χ1n) is 4.91. The highest BCUT2D eigenvalue weighted by Crippen LogP contribution is 2.11. The number of nitrogens with two attached hydrogens (primary N) is 1. The number of anilines is 1. The standard InChI is InChI=1S/C9H15N5O2S/c1-14(2)4-3-11-8(15)7(13-16)6-5-17-9(10)12-6/h5,16H,3-4H2,1-2H3,(H2,10,12)(H,11,15). The summed E-state index contributed by atoms with van der Waals surface area (Å²) in [5, 5.41) is 16.3. The molecule has 0 unspecified atom stereocenters. The van der Waals surface area contributed by atoms with Gasteiger partial charge in [-0.1, -0.05) is 5.16 Å². The van der Waals surface area contributed by atoms with Crippen LogP contribution in [0.15, 0.2) is 10.5 Å². The first kappa shape index (κ1) is 13.4. The molecule has 7 nitrogen and oxygen atoms in total. The Hall–Kier alpha value is -1.67. The number of carbonyl (C=O) groups excluding carboxylic acids is 1. The van der Waals surface area contributed by atoms with Gasteiger partial charge in [0.15, 0.2) is 10.8 Å². The van der Waals surface area contributed by atoms with Crippen molar-refractivity contribution in [3.63, 3.8) is 0 Å². The maximum Gasteiger partial charge on any atom is 0.275 e. The Morgan fingerprint density at radius 3 is 2.88 bits per heavy atom. The van der Waals surface area contributed by atoms with Crippen LogP contribution < -0.4 is 11.1 Å². The van der Waals surface area contributed by atoms with E-state index in [1.165, 1.54) is 11.3 Å². The molecule has 4 N–H and O–H groups in total. The van der Waals surface area contributed by atoms with E-state index in [0.717, 1.165) is 0 Å². The summed E-state index contributed by atoms with van der Waals surface area (Å²) < 4.78 is 0.